The van der Waals surface area contributed by atoms with E-state index in [9.17, 15) is 4.79 Å². The summed E-state index contributed by atoms with van der Waals surface area (Å²) in [6.45, 7) is 0. The zero-order chi connectivity index (χ0) is 18.9. The number of ketones is 1. The number of allylic oxidation sites excluding steroid dienone is 3. The van der Waals surface area contributed by atoms with E-state index in [2.05, 4.69) is 10.0 Å². The number of hydrogen-bond donors (Lipinski definition) is 0. The highest BCUT2D eigenvalue weighted by Gasteiger charge is 2.16. The lowest BCUT2D eigenvalue weighted by Crippen LogP contribution is -2.03. The number of Topliss-reactive ketones (excluding diaryl/α,β-unsaturated/α-hetero) is 1. The van der Waals surface area contributed by atoms with Crippen LogP contribution in [-0.2, 0) is 0 Å². The van der Waals surface area contributed by atoms with Gasteiger partial charge in [0.15, 0.2) is 5.78 Å². The first kappa shape index (κ1) is 17.9. The van der Waals surface area contributed by atoms with Gasteiger partial charge in [-0.15, -0.1) is 0 Å². The van der Waals surface area contributed by atoms with E-state index in [0.29, 0.717) is 16.8 Å². The molecule has 0 bridgehead atoms. The van der Waals surface area contributed by atoms with Crippen molar-refractivity contribution in [1.82, 2.24) is 0 Å². The number of benzene rings is 3. The second kappa shape index (κ2) is 8.99. The first-order valence-corrected chi connectivity index (χ1v) is 8.47. The van der Waals surface area contributed by atoms with Crippen LogP contribution in [0.5, 0.6) is 0 Å². The first-order valence-electron chi connectivity index (χ1n) is 8.47. The number of carbonyl (C=O) groups is 1. The van der Waals surface area contributed by atoms with Gasteiger partial charge in [0.1, 0.15) is 0 Å². The first-order chi connectivity index (χ1) is 13.3. The van der Waals surface area contributed by atoms with E-state index >= 15 is 0 Å². The Bertz CT molecular complexity index is 1030. The Hall–Kier alpha value is -3.88. The third-order valence-electron chi connectivity index (χ3n) is 3.98. The van der Waals surface area contributed by atoms with E-state index in [0.717, 1.165) is 11.1 Å². The maximum atomic E-state index is 13.2. The summed E-state index contributed by atoms with van der Waals surface area (Å²) in [5.74, 6) is -0.193. The summed E-state index contributed by atoms with van der Waals surface area (Å²) in [6.07, 6.45) is 5.58. The highest BCUT2D eigenvalue weighted by atomic mass is 16.1. The van der Waals surface area contributed by atoms with Crippen LogP contribution in [0.4, 0.5) is 5.69 Å². The fraction of sp³-hybridized carbons (Fsp3) is 0. The van der Waals surface area contributed by atoms with Crippen molar-refractivity contribution in [2.24, 2.45) is 5.11 Å². The number of azide groups is 1. The molecule has 0 heterocycles. The fourth-order valence-corrected chi connectivity index (χ4v) is 2.69. The van der Waals surface area contributed by atoms with Crippen LogP contribution in [0, 0.1) is 0 Å². The van der Waals surface area contributed by atoms with E-state index in [1.165, 1.54) is 0 Å². The molecule has 130 valence electrons. The Labute approximate surface area is 157 Å². The predicted molar refractivity (Wildman–Crippen MR) is 109 cm³/mol. The molecule has 0 aromatic heterocycles. The summed E-state index contributed by atoms with van der Waals surface area (Å²) in [5.41, 5.74) is 11.8. The molecule has 4 heteroatoms. The summed E-state index contributed by atoms with van der Waals surface area (Å²) in [6, 6.07) is 26.1. The molecule has 0 aliphatic carbocycles. The summed E-state index contributed by atoms with van der Waals surface area (Å²) < 4.78 is 0. The Morgan fingerprint density at radius 2 is 1.48 bits per heavy atom. The number of hydrogen-bond acceptors (Lipinski definition) is 2. The van der Waals surface area contributed by atoms with Crippen molar-refractivity contribution in [3.05, 3.63) is 124 Å². The predicted octanol–water partition coefficient (Wildman–Crippen LogP) is 6.61. The van der Waals surface area contributed by atoms with E-state index < -0.39 is 0 Å². The van der Waals surface area contributed by atoms with Crippen molar-refractivity contribution >= 4 is 23.1 Å². The van der Waals surface area contributed by atoms with Crippen LogP contribution in [0.15, 0.2) is 102 Å². The smallest absolute Gasteiger partial charge is 0.194 e. The lowest BCUT2D eigenvalue weighted by atomic mass is 9.95. The molecular formula is C23H17N3O. The average molecular weight is 351 g/mol. The number of nitrogens with zero attached hydrogens (tertiary/aromatic N) is 3. The van der Waals surface area contributed by atoms with Crippen LogP contribution >= 0.6 is 0 Å². The molecule has 0 aliphatic heterocycles. The SMILES string of the molecule is [N-]=[N+]=Nc1ccccc1C(=O)C(=CC=Cc1ccccc1)c1ccccc1. The summed E-state index contributed by atoms with van der Waals surface area (Å²) in [7, 11) is 0. The van der Waals surface area contributed by atoms with Crippen molar-refractivity contribution in [1.29, 1.82) is 0 Å². The molecule has 0 spiro atoms. The van der Waals surface area contributed by atoms with E-state index in [4.69, 9.17) is 5.53 Å². The van der Waals surface area contributed by atoms with Crippen molar-refractivity contribution in [2.45, 2.75) is 0 Å². The molecule has 0 aliphatic rings. The van der Waals surface area contributed by atoms with Crippen LogP contribution in [-0.4, -0.2) is 5.78 Å². The Balaban J connectivity index is 2.03. The van der Waals surface area contributed by atoms with Crippen LogP contribution in [0.1, 0.15) is 21.5 Å². The molecule has 0 atom stereocenters. The van der Waals surface area contributed by atoms with Crippen molar-refractivity contribution in [3.63, 3.8) is 0 Å². The number of carbonyl (C=O) groups excluding carboxylic acids is 1. The lowest BCUT2D eigenvalue weighted by molar-refractivity contribution is 0.105. The molecule has 4 nitrogen and oxygen atoms in total. The van der Waals surface area contributed by atoms with Crippen molar-refractivity contribution in [3.8, 4) is 0 Å². The maximum Gasteiger partial charge on any atom is 0.194 e. The minimum atomic E-state index is -0.193. The molecule has 0 radical (unpaired) electrons. The molecule has 0 unspecified atom stereocenters. The fourth-order valence-electron chi connectivity index (χ4n) is 2.69. The van der Waals surface area contributed by atoms with E-state index in [-0.39, 0.29) is 5.78 Å². The second-order valence-electron chi connectivity index (χ2n) is 5.75. The molecule has 0 N–H and O–H groups in total. The minimum Gasteiger partial charge on any atom is -0.289 e. The lowest BCUT2D eigenvalue weighted by Gasteiger charge is -2.08. The molecule has 3 aromatic carbocycles. The Morgan fingerprint density at radius 3 is 2.19 bits per heavy atom. The molecule has 0 saturated heterocycles. The van der Waals surface area contributed by atoms with Gasteiger partial charge in [0.05, 0.1) is 0 Å². The van der Waals surface area contributed by atoms with Gasteiger partial charge in [0.25, 0.3) is 0 Å². The third-order valence-corrected chi connectivity index (χ3v) is 3.98. The molecule has 0 saturated carbocycles. The molecule has 3 aromatic rings. The second-order valence-corrected chi connectivity index (χ2v) is 5.75. The quantitative estimate of drug-likeness (QED) is 0.123. The van der Waals surface area contributed by atoms with E-state index in [1.54, 1.807) is 30.3 Å². The largest absolute Gasteiger partial charge is 0.289 e. The van der Waals surface area contributed by atoms with Crippen LogP contribution in [0.25, 0.3) is 22.1 Å². The average Bonchev–Trinajstić information content (AvgIpc) is 2.73. The third kappa shape index (κ3) is 4.60. The van der Waals surface area contributed by atoms with Gasteiger partial charge in [0.2, 0.25) is 0 Å². The molecule has 27 heavy (non-hydrogen) atoms. The topological polar surface area (TPSA) is 65.8 Å². The summed E-state index contributed by atoms with van der Waals surface area (Å²) in [5, 5.41) is 3.65. The molecular weight excluding hydrogens is 334 g/mol. The van der Waals surface area contributed by atoms with Gasteiger partial charge in [0, 0.05) is 21.7 Å². The zero-order valence-corrected chi connectivity index (χ0v) is 14.6. The van der Waals surface area contributed by atoms with Gasteiger partial charge in [-0.3, -0.25) is 4.79 Å². The zero-order valence-electron chi connectivity index (χ0n) is 14.6. The Morgan fingerprint density at radius 1 is 0.852 bits per heavy atom. The maximum absolute atomic E-state index is 13.2. The molecule has 0 fully saturated rings. The van der Waals surface area contributed by atoms with Crippen LogP contribution in [0.2, 0.25) is 0 Å². The van der Waals surface area contributed by atoms with Crippen molar-refractivity contribution in [2.75, 3.05) is 0 Å². The standard InChI is InChI=1S/C23H17N3O/c24-26-25-22-17-8-7-15-21(22)23(27)20(19-13-5-2-6-14-19)16-9-12-18-10-3-1-4-11-18/h1-17H. The van der Waals surface area contributed by atoms with Gasteiger partial charge in [-0.05, 0) is 16.7 Å². The van der Waals surface area contributed by atoms with Crippen molar-refractivity contribution < 1.29 is 4.79 Å². The summed E-state index contributed by atoms with van der Waals surface area (Å²) >= 11 is 0. The van der Waals surface area contributed by atoms with E-state index in [1.807, 2.05) is 72.8 Å². The highest BCUT2D eigenvalue weighted by Crippen LogP contribution is 2.26. The minimum absolute atomic E-state index is 0.193. The number of rotatable bonds is 6. The monoisotopic (exact) mass is 351 g/mol. The van der Waals surface area contributed by atoms with Crippen LogP contribution < -0.4 is 0 Å². The van der Waals surface area contributed by atoms with Gasteiger partial charge in [-0.2, -0.15) is 0 Å². The molecule has 3 rings (SSSR count). The summed E-state index contributed by atoms with van der Waals surface area (Å²) in [4.78, 5) is 16.0. The van der Waals surface area contributed by atoms with Gasteiger partial charge < -0.3 is 0 Å². The normalized spacial score (nSPS) is 11.2. The van der Waals surface area contributed by atoms with Gasteiger partial charge in [-0.1, -0.05) is 108 Å². The molecule has 0 amide bonds. The van der Waals surface area contributed by atoms with Gasteiger partial charge in [-0.25, -0.2) is 0 Å². The highest BCUT2D eigenvalue weighted by molar-refractivity contribution is 6.30. The van der Waals surface area contributed by atoms with Gasteiger partial charge >= 0.3 is 0 Å². The van der Waals surface area contributed by atoms with Crippen LogP contribution in [0.3, 0.4) is 0 Å². The Kier molecular flexibility index (Phi) is 5.97.